The van der Waals surface area contributed by atoms with Crippen molar-refractivity contribution in [1.82, 2.24) is 10.3 Å². The molecule has 0 aromatic carbocycles. The highest BCUT2D eigenvalue weighted by Crippen LogP contribution is 2.44. The van der Waals surface area contributed by atoms with Crippen LogP contribution in [0.15, 0.2) is 42.0 Å². The van der Waals surface area contributed by atoms with Gasteiger partial charge >= 0.3 is 0 Å². The summed E-state index contributed by atoms with van der Waals surface area (Å²) in [6.07, 6.45) is 4.95. The largest absolute Gasteiger partial charge is 0.304 e. The third-order valence-corrected chi connectivity index (χ3v) is 4.87. The number of hydrogen-bond acceptors (Lipinski definition) is 3. The molecule has 0 amide bonds. The lowest BCUT2D eigenvalue weighted by atomic mass is 9.83. The van der Waals surface area contributed by atoms with Crippen molar-refractivity contribution < 1.29 is 0 Å². The molecule has 2 aromatic rings. The summed E-state index contributed by atoms with van der Waals surface area (Å²) in [7, 11) is 0. The molecule has 18 heavy (non-hydrogen) atoms. The summed E-state index contributed by atoms with van der Waals surface area (Å²) in [6, 6.07) is 9.13. The Balaban J connectivity index is 1.88. The van der Waals surface area contributed by atoms with Gasteiger partial charge in [-0.3, -0.25) is 4.98 Å². The smallest absolute Gasteiger partial charge is 0.0425 e. The number of nitrogens with zero attached hydrogens (tertiary/aromatic N) is 1. The number of aromatic nitrogens is 1. The van der Waals surface area contributed by atoms with Crippen LogP contribution in [0.2, 0.25) is 0 Å². The number of hydrogen-bond donors (Lipinski definition) is 1. The molecule has 2 atom stereocenters. The third-order valence-electron chi connectivity index (χ3n) is 3.88. The Hall–Kier alpha value is -1.19. The number of thiophene rings is 1. The Kier molecular flexibility index (Phi) is 2.96. The fourth-order valence-corrected chi connectivity index (χ4v) is 3.76. The van der Waals surface area contributed by atoms with Crippen LogP contribution in [0.3, 0.4) is 0 Å². The summed E-state index contributed by atoms with van der Waals surface area (Å²) in [4.78, 5) is 5.56. The van der Waals surface area contributed by atoms with Crippen LogP contribution in [-0.4, -0.2) is 10.5 Å². The molecule has 1 aliphatic heterocycles. The first-order valence-electron chi connectivity index (χ1n) is 6.38. The van der Waals surface area contributed by atoms with Crippen LogP contribution in [0.5, 0.6) is 0 Å². The van der Waals surface area contributed by atoms with Crippen molar-refractivity contribution in [2.75, 3.05) is 0 Å². The Labute approximate surface area is 112 Å². The van der Waals surface area contributed by atoms with E-state index in [-0.39, 0.29) is 5.54 Å². The Bertz CT molecular complexity index is 505. The van der Waals surface area contributed by atoms with Gasteiger partial charge < -0.3 is 5.32 Å². The molecule has 1 fully saturated rings. The quantitative estimate of drug-likeness (QED) is 0.887. The maximum Gasteiger partial charge on any atom is 0.0425 e. The molecule has 0 unspecified atom stereocenters. The van der Waals surface area contributed by atoms with E-state index < -0.39 is 0 Å². The van der Waals surface area contributed by atoms with Crippen LogP contribution >= 0.6 is 11.3 Å². The lowest BCUT2D eigenvalue weighted by Gasteiger charge is -2.27. The lowest BCUT2D eigenvalue weighted by Crippen LogP contribution is -2.37. The summed E-state index contributed by atoms with van der Waals surface area (Å²) in [5.74, 6) is 0.549. The van der Waals surface area contributed by atoms with E-state index in [0.29, 0.717) is 12.0 Å². The highest BCUT2D eigenvalue weighted by molar-refractivity contribution is 7.10. The maximum atomic E-state index is 4.12. The minimum Gasteiger partial charge on any atom is -0.304 e. The maximum absolute atomic E-state index is 4.12. The number of pyridine rings is 1. The van der Waals surface area contributed by atoms with Crippen molar-refractivity contribution in [3.63, 3.8) is 0 Å². The van der Waals surface area contributed by atoms with Gasteiger partial charge in [-0.25, -0.2) is 0 Å². The molecule has 2 aromatic heterocycles. The molecular weight excluding hydrogens is 240 g/mol. The van der Waals surface area contributed by atoms with E-state index >= 15 is 0 Å². The minimum atomic E-state index is 0.135. The van der Waals surface area contributed by atoms with Gasteiger partial charge in [0, 0.05) is 34.8 Å². The highest BCUT2D eigenvalue weighted by atomic mass is 32.1. The number of rotatable bonds is 2. The molecule has 0 spiro atoms. The van der Waals surface area contributed by atoms with Crippen LogP contribution in [-0.2, 0) is 0 Å². The normalized spacial score (nSPS) is 26.3. The summed E-state index contributed by atoms with van der Waals surface area (Å²) >= 11 is 1.84. The molecule has 0 saturated carbocycles. The van der Waals surface area contributed by atoms with Gasteiger partial charge in [0.2, 0.25) is 0 Å². The zero-order chi connectivity index (χ0) is 12.6. The van der Waals surface area contributed by atoms with Gasteiger partial charge in [-0.15, -0.1) is 11.3 Å². The molecule has 1 N–H and O–H groups in total. The van der Waals surface area contributed by atoms with E-state index in [0.717, 1.165) is 6.42 Å². The van der Waals surface area contributed by atoms with Crippen LogP contribution in [0.4, 0.5) is 0 Å². The highest BCUT2D eigenvalue weighted by Gasteiger charge is 2.41. The molecule has 2 nitrogen and oxygen atoms in total. The molecule has 0 bridgehead atoms. The summed E-state index contributed by atoms with van der Waals surface area (Å²) < 4.78 is 0. The standard InChI is InChI=1S/C15H18N2S/c1-15(2)12(11-5-7-16-8-6-11)10-13(17-15)14-4-3-9-18-14/h3-9,12-13,17H,10H2,1-2H3/t12-,13+/m0/s1. The molecule has 1 aliphatic rings. The van der Waals surface area contributed by atoms with Gasteiger partial charge in [-0.2, -0.15) is 0 Å². The first-order valence-corrected chi connectivity index (χ1v) is 7.26. The SMILES string of the molecule is CC1(C)N[C@@H](c2cccs2)C[C@H]1c1ccncc1. The summed E-state index contributed by atoms with van der Waals surface area (Å²) in [6.45, 7) is 4.59. The van der Waals surface area contributed by atoms with Gasteiger partial charge in [0.1, 0.15) is 0 Å². The summed E-state index contributed by atoms with van der Waals surface area (Å²) in [5, 5.41) is 5.93. The lowest BCUT2D eigenvalue weighted by molar-refractivity contribution is 0.398. The second-order valence-corrected chi connectivity index (χ2v) is 6.48. The first kappa shape index (κ1) is 11.9. The van der Waals surface area contributed by atoms with E-state index in [4.69, 9.17) is 0 Å². The first-order chi connectivity index (χ1) is 8.67. The molecule has 3 rings (SSSR count). The Morgan fingerprint density at radius 1 is 1.28 bits per heavy atom. The van der Waals surface area contributed by atoms with Crippen LogP contribution in [0.1, 0.15) is 42.7 Å². The average molecular weight is 258 g/mol. The van der Waals surface area contributed by atoms with Gasteiger partial charge in [0.15, 0.2) is 0 Å². The fourth-order valence-electron chi connectivity index (χ4n) is 2.96. The van der Waals surface area contributed by atoms with Gasteiger partial charge in [-0.1, -0.05) is 6.07 Å². The minimum absolute atomic E-state index is 0.135. The zero-order valence-corrected chi connectivity index (χ0v) is 11.6. The van der Waals surface area contributed by atoms with Crippen molar-refractivity contribution in [1.29, 1.82) is 0 Å². The van der Waals surface area contributed by atoms with Crippen molar-refractivity contribution in [2.24, 2.45) is 0 Å². The molecule has 3 heteroatoms. The Morgan fingerprint density at radius 3 is 2.72 bits per heavy atom. The zero-order valence-electron chi connectivity index (χ0n) is 10.8. The monoisotopic (exact) mass is 258 g/mol. The van der Waals surface area contributed by atoms with Crippen LogP contribution in [0.25, 0.3) is 0 Å². The van der Waals surface area contributed by atoms with Gasteiger partial charge in [0.25, 0.3) is 0 Å². The van der Waals surface area contributed by atoms with Gasteiger partial charge in [0.05, 0.1) is 0 Å². The van der Waals surface area contributed by atoms with E-state index in [2.05, 4.69) is 53.8 Å². The van der Waals surface area contributed by atoms with Crippen LogP contribution in [0, 0.1) is 0 Å². The predicted octanol–water partition coefficient (Wildman–Crippen LogP) is 3.74. The predicted molar refractivity (Wildman–Crippen MR) is 75.9 cm³/mol. The molecule has 0 aliphatic carbocycles. The average Bonchev–Trinajstić information content (AvgIpc) is 2.97. The molecule has 3 heterocycles. The summed E-state index contributed by atoms with van der Waals surface area (Å²) in [5.41, 5.74) is 1.53. The molecule has 1 saturated heterocycles. The second-order valence-electron chi connectivity index (χ2n) is 5.50. The van der Waals surface area contributed by atoms with Crippen molar-refractivity contribution in [3.8, 4) is 0 Å². The fraction of sp³-hybridized carbons (Fsp3) is 0.400. The van der Waals surface area contributed by atoms with Gasteiger partial charge in [-0.05, 0) is 49.4 Å². The second kappa shape index (κ2) is 4.48. The van der Waals surface area contributed by atoms with Crippen molar-refractivity contribution in [2.45, 2.75) is 37.8 Å². The Morgan fingerprint density at radius 2 is 2.06 bits per heavy atom. The van der Waals surface area contributed by atoms with Crippen molar-refractivity contribution in [3.05, 3.63) is 52.5 Å². The van der Waals surface area contributed by atoms with E-state index in [1.165, 1.54) is 10.4 Å². The molecular formula is C15H18N2S. The molecule has 0 radical (unpaired) electrons. The number of nitrogens with one attached hydrogen (secondary N) is 1. The topological polar surface area (TPSA) is 24.9 Å². The van der Waals surface area contributed by atoms with Crippen LogP contribution < -0.4 is 5.32 Å². The van der Waals surface area contributed by atoms with E-state index in [9.17, 15) is 0 Å². The third kappa shape index (κ3) is 2.08. The molecule has 94 valence electrons. The van der Waals surface area contributed by atoms with Crippen molar-refractivity contribution >= 4 is 11.3 Å². The van der Waals surface area contributed by atoms with E-state index in [1.54, 1.807) is 0 Å². The van der Waals surface area contributed by atoms with E-state index in [1.807, 2.05) is 23.7 Å².